The summed E-state index contributed by atoms with van der Waals surface area (Å²) in [7, 11) is 1.45. The van der Waals surface area contributed by atoms with Crippen LogP contribution < -0.4 is 15.2 Å². The number of thioether (sulfide) groups is 1. The fraction of sp³-hybridized carbons (Fsp3) is 0.294. The largest absolute Gasteiger partial charge is 0.493 e. The Morgan fingerprint density at radius 3 is 2.63 bits per heavy atom. The molecule has 0 aliphatic carbocycles. The number of hydrogen-bond donors (Lipinski definition) is 1. The van der Waals surface area contributed by atoms with Gasteiger partial charge in [0.15, 0.2) is 18.1 Å². The molecule has 0 atom stereocenters. The highest BCUT2D eigenvalue weighted by Crippen LogP contribution is 2.34. The fourth-order valence-corrected chi connectivity index (χ4v) is 3.02. The molecule has 144 valence electrons. The highest BCUT2D eigenvalue weighted by atomic mass is 32.2. The molecule has 1 fully saturated rings. The van der Waals surface area contributed by atoms with Gasteiger partial charge in [0, 0.05) is 0 Å². The summed E-state index contributed by atoms with van der Waals surface area (Å²) >= 11 is 0.704. The lowest BCUT2D eigenvalue weighted by Gasteiger charge is -2.11. The number of methoxy groups -OCH3 is 1. The summed E-state index contributed by atoms with van der Waals surface area (Å²) in [5.41, 5.74) is 5.58. The molecule has 3 amide bonds. The minimum atomic E-state index is -0.780. The third-order valence-corrected chi connectivity index (χ3v) is 4.23. The molecule has 1 heterocycles. The molecule has 1 aromatic rings. The van der Waals surface area contributed by atoms with Crippen LogP contribution in [0.1, 0.15) is 12.5 Å². The monoisotopic (exact) mass is 394 g/mol. The van der Waals surface area contributed by atoms with Gasteiger partial charge in [-0.05, 0) is 42.5 Å². The minimum absolute atomic E-state index is 0.141. The first-order valence-electron chi connectivity index (χ1n) is 7.85. The minimum Gasteiger partial charge on any atom is -0.493 e. The maximum absolute atomic E-state index is 12.2. The summed E-state index contributed by atoms with van der Waals surface area (Å²) in [5.74, 6) is -1.25. The molecule has 1 aromatic carbocycles. The quantitative estimate of drug-likeness (QED) is 0.514. The van der Waals surface area contributed by atoms with Crippen molar-refractivity contribution < 1.29 is 33.4 Å². The molecule has 2 rings (SSSR count). The molecule has 0 aromatic heterocycles. The summed E-state index contributed by atoms with van der Waals surface area (Å²) in [5, 5.41) is -0.572. The maximum Gasteiger partial charge on any atom is 0.344 e. The van der Waals surface area contributed by atoms with Crippen molar-refractivity contribution in [1.29, 1.82) is 0 Å². The molecule has 0 spiro atoms. The molecule has 1 aliphatic heterocycles. The summed E-state index contributed by atoms with van der Waals surface area (Å²) in [6.07, 6.45) is 1.47. The van der Waals surface area contributed by atoms with Gasteiger partial charge in [-0.1, -0.05) is 6.07 Å². The lowest BCUT2D eigenvalue weighted by atomic mass is 10.2. The number of carbonyl (C=O) groups excluding carboxylic acids is 4. The highest BCUT2D eigenvalue weighted by Gasteiger charge is 2.35. The Kier molecular flexibility index (Phi) is 6.83. The molecule has 0 saturated carbocycles. The van der Waals surface area contributed by atoms with E-state index >= 15 is 0 Å². The van der Waals surface area contributed by atoms with Gasteiger partial charge in [0.2, 0.25) is 5.91 Å². The van der Waals surface area contributed by atoms with Crippen molar-refractivity contribution in [3.8, 4) is 11.5 Å². The van der Waals surface area contributed by atoms with Crippen LogP contribution >= 0.6 is 11.8 Å². The Morgan fingerprint density at radius 1 is 1.26 bits per heavy atom. The van der Waals surface area contributed by atoms with Gasteiger partial charge in [0.25, 0.3) is 11.1 Å². The van der Waals surface area contributed by atoms with Crippen molar-refractivity contribution in [2.45, 2.75) is 6.92 Å². The van der Waals surface area contributed by atoms with E-state index in [9.17, 15) is 19.2 Å². The van der Waals surface area contributed by atoms with Gasteiger partial charge in [0.05, 0.1) is 18.6 Å². The van der Waals surface area contributed by atoms with Crippen LogP contribution in [0.15, 0.2) is 23.1 Å². The zero-order valence-corrected chi connectivity index (χ0v) is 15.5. The average Bonchev–Trinajstić information content (AvgIpc) is 2.87. The summed E-state index contributed by atoms with van der Waals surface area (Å²) in [6.45, 7) is 1.15. The molecule has 27 heavy (non-hydrogen) atoms. The number of carbonyl (C=O) groups is 4. The van der Waals surface area contributed by atoms with Gasteiger partial charge in [0.1, 0.15) is 6.54 Å². The topological polar surface area (TPSA) is 125 Å². The third kappa shape index (κ3) is 5.23. The zero-order valence-electron chi connectivity index (χ0n) is 14.7. The van der Waals surface area contributed by atoms with Crippen molar-refractivity contribution in [3.63, 3.8) is 0 Å². The van der Waals surface area contributed by atoms with Crippen molar-refractivity contribution in [3.05, 3.63) is 28.7 Å². The van der Waals surface area contributed by atoms with Crippen LogP contribution in [0.25, 0.3) is 6.08 Å². The second kappa shape index (κ2) is 9.08. The number of ether oxygens (including phenoxy) is 3. The number of hydrogen-bond acceptors (Lipinski definition) is 8. The van der Waals surface area contributed by atoms with E-state index in [1.807, 2.05) is 0 Å². The lowest BCUT2D eigenvalue weighted by Crippen LogP contribution is -2.36. The van der Waals surface area contributed by atoms with Gasteiger partial charge in [-0.2, -0.15) is 0 Å². The number of nitrogens with two attached hydrogens (primary N) is 1. The molecule has 1 saturated heterocycles. The van der Waals surface area contributed by atoms with Crippen LogP contribution in [0, 0.1) is 0 Å². The molecule has 10 heteroatoms. The Morgan fingerprint density at radius 2 is 2.00 bits per heavy atom. The van der Waals surface area contributed by atoms with Crippen molar-refractivity contribution in [2.24, 2.45) is 5.73 Å². The Hall–Kier alpha value is -3.01. The number of esters is 1. The standard InChI is InChI=1S/C17H18N2O7S/c1-3-25-15(21)9-26-12-6-10(4-5-11(12)24-2)7-13-16(22)19(8-14(18)20)17(23)27-13/h4-7H,3,8-9H2,1-2H3,(H2,18,20)/b13-7-. The van der Waals surface area contributed by atoms with Crippen molar-refractivity contribution in [2.75, 3.05) is 26.9 Å². The van der Waals surface area contributed by atoms with Crippen LogP contribution in [0.5, 0.6) is 11.5 Å². The second-order valence-electron chi connectivity index (χ2n) is 5.24. The highest BCUT2D eigenvalue weighted by molar-refractivity contribution is 8.18. The van der Waals surface area contributed by atoms with Crippen LogP contribution in [0.3, 0.4) is 0 Å². The van der Waals surface area contributed by atoms with E-state index in [1.165, 1.54) is 13.2 Å². The molecular formula is C17H18N2O7S. The Balaban J connectivity index is 2.21. The number of primary amides is 1. The molecule has 1 aliphatic rings. The summed E-state index contributed by atoms with van der Waals surface area (Å²) in [4.78, 5) is 47.4. The number of benzene rings is 1. The first kappa shape index (κ1) is 20.3. The van der Waals surface area contributed by atoms with E-state index in [1.54, 1.807) is 25.1 Å². The van der Waals surface area contributed by atoms with E-state index < -0.39 is 29.6 Å². The normalized spacial score (nSPS) is 15.2. The van der Waals surface area contributed by atoms with Gasteiger partial charge >= 0.3 is 5.97 Å². The van der Waals surface area contributed by atoms with Crippen molar-refractivity contribution in [1.82, 2.24) is 4.90 Å². The fourth-order valence-electron chi connectivity index (χ4n) is 2.18. The second-order valence-corrected chi connectivity index (χ2v) is 6.23. The molecule has 2 N–H and O–H groups in total. The number of amides is 3. The predicted molar refractivity (Wildman–Crippen MR) is 97.0 cm³/mol. The van der Waals surface area contributed by atoms with Gasteiger partial charge in [-0.15, -0.1) is 0 Å². The maximum atomic E-state index is 12.2. The average molecular weight is 394 g/mol. The van der Waals surface area contributed by atoms with E-state index in [-0.39, 0.29) is 23.9 Å². The van der Waals surface area contributed by atoms with Gasteiger partial charge < -0.3 is 19.9 Å². The van der Waals surface area contributed by atoms with E-state index in [0.29, 0.717) is 23.1 Å². The SMILES string of the molecule is CCOC(=O)COc1cc(/C=C2\SC(=O)N(CC(N)=O)C2=O)ccc1OC. The number of imide groups is 1. The molecule has 0 radical (unpaired) electrons. The van der Waals surface area contributed by atoms with Crippen LogP contribution in [0.4, 0.5) is 4.79 Å². The van der Waals surface area contributed by atoms with Gasteiger partial charge in [-0.3, -0.25) is 19.3 Å². The van der Waals surface area contributed by atoms with Crippen LogP contribution in [0.2, 0.25) is 0 Å². The molecule has 0 bridgehead atoms. The van der Waals surface area contributed by atoms with E-state index in [4.69, 9.17) is 19.9 Å². The number of nitrogens with zero attached hydrogens (tertiary/aromatic N) is 1. The van der Waals surface area contributed by atoms with Crippen molar-refractivity contribution >= 4 is 40.9 Å². The Labute approximate surface area is 159 Å². The van der Waals surface area contributed by atoms with Gasteiger partial charge in [-0.25, -0.2) is 4.79 Å². The molecule has 9 nitrogen and oxygen atoms in total. The lowest BCUT2D eigenvalue weighted by molar-refractivity contribution is -0.145. The van der Waals surface area contributed by atoms with Crippen LogP contribution in [-0.2, 0) is 19.1 Å². The smallest absolute Gasteiger partial charge is 0.344 e. The predicted octanol–water partition coefficient (Wildman–Crippen LogP) is 1.16. The Bertz CT molecular complexity index is 806. The zero-order chi connectivity index (χ0) is 20.0. The summed E-state index contributed by atoms with van der Waals surface area (Å²) in [6, 6.07) is 4.80. The third-order valence-electron chi connectivity index (χ3n) is 3.32. The summed E-state index contributed by atoms with van der Waals surface area (Å²) < 4.78 is 15.4. The number of rotatable bonds is 8. The molecular weight excluding hydrogens is 376 g/mol. The molecule has 0 unspecified atom stereocenters. The van der Waals surface area contributed by atoms with E-state index in [2.05, 4.69) is 0 Å². The first-order valence-corrected chi connectivity index (χ1v) is 8.67. The first-order chi connectivity index (χ1) is 12.8. The van der Waals surface area contributed by atoms with Crippen LogP contribution in [-0.4, -0.2) is 54.8 Å². The van der Waals surface area contributed by atoms with E-state index in [0.717, 1.165) is 4.90 Å².